The molecule has 0 aromatic heterocycles. The first-order valence-corrected chi connectivity index (χ1v) is 6.37. The van der Waals surface area contributed by atoms with Crippen LogP contribution in [0.1, 0.15) is 54.9 Å². The molecule has 0 aromatic carbocycles. The summed E-state index contributed by atoms with van der Waals surface area (Å²) in [5.74, 6) is 0. The Balaban J connectivity index is 5.14. The second kappa shape index (κ2) is 7.26. The first-order chi connectivity index (χ1) is 7.82. The highest BCUT2D eigenvalue weighted by atomic mass is 14.8. The van der Waals surface area contributed by atoms with Gasteiger partial charge in [-0.15, -0.1) is 0 Å². The molecule has 96 valence electrons. The van der Waals surface area contributed by atoms with Gasteiger partial charge in [0.2, 0.25) is 0 Å². The molecule has 0 aliphatic rings. The molecule has 0 unspecified atom stereocenters. The molecule has 17 heavy (non-hydrogen) atoms. The molecule has 0 heterocycles. The molecule has 0 radical (unpaired) electrons. The third kappa shape index (κ3) is 6.25. The molecule has 0 rings (SSSR count). The van der Waals surface area contributed by atoms with Crippen LogP contribution in [0.5, 0.6) is 0 Å². The monoisotopic (exact) mass is 233 g/mol. The highest BCUT2D eigenvalue weighted by molar-refractivity contribution is 5.87. The van der Waals surface area contributed by atoms with Crippen LogP contribution in [0.4, 0.5) is 0 Å². The van der Waals surface area contributed by atoms with E-state index in [1.807, 2.05) is 19.1 Å². The minimum absolute atomic E-state index is 0.147. The highest BCUT2D eigenvalue weighted by Crippen LogP contribution is 2.20. The Hall–Kier alpha value is -1.11. The van der Waals surface area contributed by atoms with Crippen LogP contribution in [0, 0.1) is 5.41 Å². The van der Waals surface area contributed by atoms with Crippen molar-refractivity contribution in [1.29, 1.82) is 0 Å². The summed E-state index contributed by atoms with van der Waals surface area (Å²) in [7, 11) is 0. The molecule has 0 saturated heterocycles. The van der Waals surface area contributed by atoms with E-state index in [1.165, 1.54) is 17.0 Å². The van der Waals surface area contributed by atoms with Crippen molar-refractivity contribution in [3.63, 3.8) is 0 Å². The zero-order chi connectivity index (χ0) is 13.5. The maximum absolute atomic E-state index is 4.77. The van der Waals surface area contributed by atoms with E-state index in [9.17, 15) is 0 Å². The molecule has 0 aliphatic carbocycles. The van der Waals surface area contributed by atoms with Crippen LogP contribution in [0.2, 0.25) is 0 Å². The summed E-state index contributed by atoms with van der Waals surface area (Å²) in [6.45, 7) is 15.0. The Morgan fingerprint density at radius 2 is 1.71 bits per heavy atom. The number of hydrogen-bond donors (Lipinski definition) is 0. The van der Waals surface area contributed by atoms with Crippen LogP contribution in [0.15, 0.2) is 40.6 Å². The van der Waals surface area contributed by atoms with E-state index >= 15 is 0 Å². The van der Waals surface area contributed by atoms with Crippen molar-refractivity contribution in [3.8, 4) is 0 Å². The summed E-state index contributed by atoms with van der Waals surface area (Å²) in [4.78, 5) is 4.77. The fourth-order valence-electron chi connectivity index (χ4n) is 1.22. The van der Waals surface area contributed by atoms with Crippen LogP contribution < -0.4 is 0 Å². The second-order valence-corrected chi connectivity index (χ2v) is 5.32. The molecule has 0 amide bonds. The van der Waals surface area contributed by atoms with Gasteiger partial charge in [-0.2, -0.15) is 0 Å². The molecule has 0 aromatic rings. The zero-order valence-corrected chi connectivity index (χ0v) is 12.5. The van der Waals surface area contributed by atoms with E-state index in [0.29, 0.717) is 0 Å². The van der Waals surface area contributed by atoms with E-state index in [1.54, 1.807) is 0 Å². The predicted octanol–water partition coefficient (Wildman–Crippen LogP) is 5.31. The fourth-order valence-corrected chi connectivity index (χ4v) is 1.22. The van der Waals surface area contributed by atoms with E-state index in [0.717, 1.165) is 6.42 Å². The molecule has 0 bridgehead atoms. The lowest BCUT2D eigenvalue weighted by Crippen LogP contribution is -2.16. The predicted molar refractivity (Wildman–Crippen MR) is 79.5 cm³/mol. The second-order valence-electron chi connectivity index (χ2n) is 5.32. The van der Waals surface area contributed by atoms with E-state index in [-0.39, 0.29) is 5.41 Å². The van der Waals surface area contributed by atoms with Crippen molar-refractivity contribution in [2.75, 3.05) is 0 Å². The molecule has 1 heteroatoms. The van der Waals surface area contributed by atoms with Gasteiger partial charge in [0, 0.05) is 11.4 Å². The summed E-state index contributed by atoms with van der Waals surface area (Å²) in [5.41, 5.74) is 3.76. The van der Waals surface area contributed by atoms with Gasteiger partial charge in [0.1, 0.15) is 0 Å². The molecule has 0 spiro atoms. The molecule has 0 saturated carbocycles. The van der Waals surface area contributed by atoms with Crippen LogP contribution in [0.3, 0.4) is 0 Å². The minimum atomic E-state index is 0.147. The van der Waals surface area contributed by atoms with Gasteiger partial charge in [-0.05, 0) is 38.2 Å². The van der Waals surface area contributed by atoms with Gasteiger partial charge in [0.15, 0.2) is 0 Å². The van der Waals surface area contributed by atoms with Gasteiger partial charge < -0.3 is 0 Å². The first-order valence-electron chi connectivity index (χ1n) is 6.37. The van der Waals surface area contributed by atoms with Gasteiger partial charge in [0.25, 0.3) is 0 Å². The molecule has 0 atom stereocenters. The number of rotatable bonds is 4. The average molecular weight is 233 g/mol. The van der Waals surface area contributed by atoms with Crippen molar-refractivity contribution in [3.05, 3.63) is 35.6 Å². The van der Waals surface area contributed by atoms with Crippen molar-refractivity contribution in [2.45, 2.75) is 54.9 Å². The van der Waals surface area contributed by atoms with Crippen LogP contribution in [-0.2, 0) is 0 Å². The van der Waals surface area contributed by atoms with Gasteiger partial charge >= 0.3 is 0 Å². The number of nitrogens with zero attached hydrogens (tertiary/aromatic N) is 1. The summed E-state index contributed by atoms with van der Waals surface area (Å²) in [6, 6.07) is 0. The third-order valence-corrected chi connectivity index (χ3v) is 2.83. The summed E-state index contributed by atoms with van der Waals surface area (Å²) in [5, 5.41) is 0. The summed E-state index contributed by atoms with van der Waals surface area (Å²) in [6.07, 6.45) is 9.22. The van der Waals surface area contributed by atoms with Crippen molar-refractivity contribution >= 4 is 5.71 Å². The summed E-state index contributed by atoms with van der Waals surface area (Å²) < 4.78 is 0. The Bertz CT molecular complexity index is 346. The van der Waals surface area contributed by atoms with E-state index < -0.39 is 0 Å². The quantitative estimate of drug-likeness (QED) is 0.461. The normalized spacial score (nSPS) is 15.8. The number of aliphatic imine (C=N–C) groups is 1. The fraction of sp³-hybridized carbons (Fsp3) is 0.562. The SMILES string of the molecule is C\C=C/C=C\C(C)=C(CC)\N=C(/C)C(C)(C)C. The van der Waals surface area contributed by atoms with Gasteiger partial charge in [0.05, 0.1) is 0 Å². The lowest BCUT2D eigenvalue weighted by Gasteiger charge is -2.18. The molecule has 0 N–H and O–H groups in total. The number of allylic oxidation sites excluding steroid dienone is 6. The smallest absolute Gasteiger partial charge is 0.0429 e. The Morgan fingerprint density at radius 1 is 1.12 bits per heavy atom. The maximum Gasteiger partial charge on any atom is 0.0429 e. The van der Waals surface area contributed by atoms with Crippen LogP contribution >= 0.6 is 0 Å². The topological polar surface area (TPSA) is 12.4 Å². The largest absolute Gasteiger partial charge is 0.262 e. The molecular weight excluding hydrogens is 206 g/mol. The van der Waals surface area contributed by atoms with Crippen LogP contribution in [-0.4, -0.2) is 5.71 Å². The van der Waals surface area contributed by atoms with Crippen molar-refractivity contribution < 1.29 is 0 Å². The van der Waals surface area contributed by atoms with Gasteiger partial charge in [-0.1, -0.05) is 52.0 Å². The van der Waals surface area contributed by atoms with Crippen LogP contribution in [0.25, 0.3) is 0 Å². The van der Waals surface area contributed by atoms with Crippen molar-refractivity contribution in [2.24, 2.45) is 10.4 Å². The minimum Gasteiger partial charge on any atom is -0.262 e. The Labute approximate surface area is 107 Å². The Kier molecular flexibility index (Phi) is 6.79. The molecule has 0 fully saturated rings. The number of hydrogen-bond acceptors (Lipinski definition) is 1. The Morgan fingerprint density at radius 3 is 2.12 bits per heavy atom. The van der Waals surface area contributed by atoms with Gasteiger partial charge in [-0.3, -0.25) is 4.99 Å². The standard InChI is InChI=1S/C16H27N/c1-8-10-11-12-13(3)15(9-2)17-14(4)16(5,6)7/h8,10-12H,9H2,1-7H3/b10-8-,12-11-,15-13+,17-14+. The highest BCUT2D eigenvalue weighted by Gasteiger charge is 2.14. The van der Waals surface area contributed by atoms with E-state index in [2.05, 4.69) is 53.7 Å². The summed E-state index contributed by atoms with van der Waals surface area (Å²) >= 11 is 0. The third-order valence-electron chi connectivity index (χ3n) is 2.83. The molecule has 0 aliphatic heterocycles. The van der Waals surface area contributed by atoms with E-state index in [4.69, 9.17) is 4.99 Å². The first kappa shape index (κ1) is 15.9. The molecular formula is C16H27N. The maximum atomic E-state index is 4.77. The zero-order valence-electron chi connectivity index (χ0n) is 12.5. The lowest BCUT2D eigenvalue weighted by atomic mass is 9.91. The average Bonchev–Trinajstić information content (AvgIpc) is 2.24. The van der Waals surface area contributed by atoms with Crippen molar-refractivity contribution in [1.82, 2.24) is 0 Å². The molecule has 1 nitrogen and oxygen atoms in total. The lowest BCUT2D eigenvalue weighted by molar-refractivity contribution is 0.586. The van der Waals surface area contributed by atoms with Gasteiger partial charge in [-0.25, -0.2) is 0 Å².